The van der Waals surface area contributed by atoms with Gasteiger partial charge in [0.25, 0.3) is 0 Å². The number of carbonyl (C=O) groups is 1. The van der Waals surface area contributed by atoms with Gasteiger partial charge in [-0.2, -0.15) is 0 Å². The molecule has 2 aliphatic heterocycles. The highest BCUT2D eigenvalue weighted by atomic mass is 19.1. The molecule has 2 aromatic rings. The number of pyridine rings is 1. The average molecular weight is 382 g/mol. The number of benzene rings is 1. The zero-order valence-electron chi connectivity index (χ0n) is 16.7. The third-order valence-electron chi connectivity index (χ3n) is 6.03. The molecule has 0 saturated carbocycles. The summed E-state index contributed by atoms with van der Waals surface area (Å²) >= 11 is 0. The van der Waals surface area contributed by atoms with Crippen molar-refractivity contribution < 1.29 is 9.18 Å². The first kappa shape index (κ1) is 18.9. The summed E-state index contributed by atoms with van der Waals surface area (Å²) in [5.41, 5.74) is 3.02. The lowest BCUT2D eigenvalue weighted by Crippen LogP contribution is -2.40. The van der Waals surface area contributed by atoms with E-state index >= 15 is 0 Å². The molecule has 1 aromatic heterocycles. The van der Waals surface area contributed by atoms with Crippen LogP contribution in [0, 0.1) is 24.6 Å². The Morgan fingerprint density at radius 1 is 1.21 bits per heavy atom. The summed E-state index contributed by atoms with van der Waals surface area (Å²) in [4.78, 5) is 22.9. The van der Waals surface area contributed by atoms with E-state index in [1.165, 1.54) is 17.3 Å². The molecule has 0 radical (unpaired) electrons. The monoisotopic (exact) mass is 382 g/mol. The molecule has 28 heavy (non-hydrogen) atoms. The average Bonchev–Trinajstić information content (AvgIpc) is 3.20. The van der Waals surface area contributed by atoms with Gasteiger partial charge >= 0.3 is 0 Å². The number of fused-ring (bicyclic) bond motifs is 1. The summed E-state index contributed by atoms with van der Waals surface area (Å²) < 4.78 is 14.3. The second kappa shape index (κ2) is 7.51. The largest absolute Gasteiger partial charge is 0.368 e. The van der Waals surface area contributed by atoms with Crippen molar-refractivity contribution in [3.8, 4) is 0 Å². The van der Waals surface area contributed by atoms with E-state index in [1.807, 2.05) is 31.1 Å². The number of likely N-dealkylation sites (tertiary alicyclic amines) is 1. The minimum absolute atomic E-state index is 0.0357. The van der Waals surface area contributed by atoms with Gasteiger partial charge in [-0.15, -0.1) is 0 Å². The zero-order chi connectivity index (χ0) is 19.8. The van der Waals surface area contributed by atoms with Crippen LogP contribution in [0.3, 0.4) is 0 Å². The maximum Gasteiger partial charge on any atom is 0.237 e. The van der Waals surface area contributed by atoms with Crippen molar-refractivity contribution in [2.24, 2.45) is 11.8 Å². The first-order valence-electron chi connectivity index (χ1n) is 9.80. The Hall–Kier alpha value is -2.47. The fraction of sp³-hybridized carbons (Fsp3) is 0.455. The molecule has 0 bridgehead atoms. The number of rotatable bonds is 4. The molecule has 2 fully saturated rings. The van der Waals surface area contributed by atoms with Gasteiger partial charge in [0, 0.05) is 37.7 Å². The van der Waals surface area contributed by atoms with Gasteiger partial charge in [0.15, 0.2) is 5.82 Å². The lowest BCUT2D eigenvalue weighted by Gasteiger charge is -2.32. The third-order valence-corrected chi connectivity index (χ3v) is 6.03. The normalized spacial score (nSPS) is 24.1. The number of likely N-dealkylation sites (N-methyl/N-ethyl adjacent to an activating group) is 1. The minimum Gasteiger partial charge on any atom is -0.368 e. The highest BCUT2D eigenvalue weighted by Gasteiger charge is 2.49. The standard InChI is InChI=1S/C22H27FN4O/c1-15-6-4-5-7-17(15)22-18-13-26(20-8-9-24-10-19(20)23)11-16(18)12-27(22)21(28)14-25(2)3/h4-10,16,18,22H,11-14H2,1-3H3/t16-,18-,22+/m1/s1. The van der Waals surface area contributed by atoms with Crippen molar-refractivity contribution in [2.75, 3.05) is 45.2 Å². The van der Waals surface area contributed by atoms with E-state index in [1.54, 1.807) is 12.3 Å². The van der Waals surface area contributed by atoms with Gasteiger partial charge < -0.3 is 14.7 Å². The highest BCUT2D eigenvalue weighted by Crippen LogP contribution is 2.46. The Labute approximate surface area is 165 Å². The van der Waals surface area contributed by atoms with Crippen LogP contribution in [0.5, 0.6) is 0 Å². The molecule has 0 unspecified atom stereocenters. The van der Waals surface area contributed by atoms with E-state index in [4.69, 9.17) is 0 Å². The minimum atomic E-state index is -0.282. The first-order chi connectivity index (χ1) is 13.5. The number of hydrogen-bond acceptors (Lipinski definition) is 4. The molecule has 5 nitrogen and oxygen atoms in total. The van der Waals surface area contributed by atoms with Gasteiger partial charge in [-0.1, -0.05) is 24.3 Å². The zero-order valence-corrected chi connectivity index (χ0v) is 16.7. The van der Waals surface area contributed by atoms with Crippen LogP contribution in [-0.4, -0.2) is 61.0 Å². The molecule has 2 saturated heterocycles. The van der Waals surface area contributed by atoms with Gasteiger partial charge in [-0.05, 0) is 38.2 Å². The fourth-order valence-electron chi connectivity index (χ4n) is 4.80. The number of carbonyl (C=O) groups excluding carboxylic acids is 1. The van der Waals surface area contributed by atoms with Gasteiger partial charge in [0.1, 0.15) is 0 Å². The summed E-state index contributed by atoms with van der Waals surface area (Å²) in [6, 6.07) is 10.1. The molecule has 3 atom stereocenters. The Morgan fingerprint density at radius 3 is 2.71 bits per heavy atom. The van der Waals surface area contributed by atoms with Crippen molar-refractivity contribution in [3.63, 3.8) is 0 Å². The number of anilines is 1. The number of amides is 1. The lowest BCUT2D eigenvalue weighted by molar-refractivity contribution is -0.133. The van der Waals surface area contributed by atoms with Crippen molar-refractivity contribution in [2.45, 2.75) is 13.0 Å². The number of nitrogens with zero attached hydrogens (tertiary/aromatic N) is 4. The number of aromatic nitrogens is 1. The predicted octanol–water partition coefficient (Wildman–Crippen LogP) is 2.73. The molecule has 2 aliphatic rings. The lowest BCUT2D eigenvalue weighted by atomic mass is 9.87. The molecule has 0 spiro atoms. The molecular formula is C22H27FN4O. The Bertz CT molecular complexity index is 871. The van der Waals surface area contributed by atoms with Crippen LogP contribution in [0.2, 0.25) is 0 Å². The van der Waals surface area contributed by atoms with E-state index in [0.29, 0.717) is 24.1 Å². The van der Waals surface area contributed by atoms with Gasteiger partial charge in [0.05, 0.1) is 24.5 Å². The number of aryl methyl sites for hydroxylation is 1. The van der Waals surface area contributed by atoms with Crippen LogP contribution in [0.15, 0.2) is 42.7 Å². The fourth-order valence-corrected chi connectivity index (χ4v) is 4.80. The van der Waals surface area contributed by atoms with E-state index < -0.39 is 0 Å². The Morgan fingerprint density at radius 2 is 2.00 bits per heavy atom. The maximum absolute atomic E-state index is 14.3. The molecule has 3 heterocycles. The Kier molecular flexibility index (Phi) is 5.06. The molecule has 1 amide bonds. The van der Waals surface area contributed by atoms with Crippen molar-refractivity contribution in [1.29, 1.82) is 0 Å². The molecule has 6 heteroatoms. The molecule has 1 aromatic carbocycles. The summed E-state index contributed by atoms with van der Waals surface area (Å²) in [7, 11) is 3.84. The van der Waals surface area contributed by atoms with E-state index in [9.17, 15) is 9.18 Å². The van der Waals surface area contributed by atoms with E-state index in [-0.39, 0.29) is 17.8 Å². The highest BCUT2D eigenvalue weighted by molar-refractivity contribution is 5.79. The predicted molar refractivity (Wildman–Crippen MR) is 108 cm³/mol. The smallest absolute Gasteiger partial charge is 0.237 e. The molecule has 0 N–H and O–H groups in total. The molecular weight excluding hydrogens is 355 g/mol. The first-order valence-corrected chi connectivity index (χ1v) is 9.80. The molecule has 4 rings (SSSR count). The van der Waals surface area contributed by atoms with Crippen molar-refractivity contribution in [1.82, 2.24) is 14.8 Å². The summed E-state index contributed by atoms with van der Waals surface area (Å²) in [5, 5.41) is 0. The van der Waals surface area contributed by atoms with Crippen LogP contribution in [0.1, 0.15) is 17.2 Å². The van der Waals surface area contributed by atoms with Crippen molar-refractivity contribution >= 4 is 11.6 Å². The van der Waals surface area contributed by atoms with Gasteiger partial charge in [-0.25, -0.2) is 4.39 Å². The van der Waals surface area contributed by atoms with E-state index in [0.717, 1.165) is 19.6 Å². The van der Waals surface area contributed by atoms with Crippen LogP contribution in [0.25, 0.3) is 0 Å². The van der Waals surface area contributed by atoms with Crippen molar-refractivity contribution in [3.05, 3.63) is 59.7 Å². The van der Waals surface area contributed by atoms with Crippen LogP contribution >= 0.6 is 0 Å². The van der Waals surface area contributed by atoms with Gasteiger partial charge in [0.2, 0.25) is 5.91 Å². The quantitative estimate of drug-likeness (QED) is 0.815. The Balaban J connectivity index is 1.65. The van der Waals surface area contributed by atoms with Gasteiger partial charge in [-0.3, -0.25) is 9.78 Å². The summed E-state index contributed by atoms with van der Waals surface area (Å²) in [6.07, 6.45) is 2.91. The van der Waals surface area contributed by atoms with Crippen LogP contribution < -0.4 is 4.90 Å². The molecule has 0 aliphatic carbocycles. The second-order valence-corrected chi connectivity index (χ2v) is 8.24. The summed E-state index contributed by atoms with van der Waals surface area (Å²) in [6.45, 7) is 4.74. The topological polar surface area (TPSA) is 39.7 Å². The van der Waals surface area contributed by atoms with E-state index in [2.05, 4.69) is 33.8 Å². The SMILES string of the molecule is Cc1ccccc1[C@H]1[C@@H]2CN(c3ccncc3F)C[C@@H]2CN1C(=O)CN(C)C. The maximum atomic E-state index is 14.3. The molecule has 148 valence electrons. The number of hydrogen-bond donors (Lipinski definition) is 0. The number of halogens is 1. The third kappa shape index (κ3) is 3.37. The second-order valence-electron chi connectivity index (χ2n) is 8.24. The summed E-state index contributed by atoms with van der Waals surface area (Å²) in [5.74, 6) is 0.507. The van der Waals surface area contributed by atoms with Crippen LogP contribution in [-0.2, 0) is 4.79 Å². The van der Waals surface area contributed by atoms with Crippen LogP contribution in [0.4, 0.5) is 10.1 Å².